The highest BCUT2D eigenvalue weighted by molar-refractivity contribution is 8.14. The van der Waals surface area contributed by atoms with Gasteiger partial charge in [-0.15, -0.1) is 0 Å². The van der Waals surface area contributed by atoms with Crippen LogP contribution in [0.15, 0.2) is 23.2 Å². The molecular weight excluding hydrogens is 416 g/mol. The van der Waals surface area contributed by atoms with E-state index < -0.39 is 0 Å². The smallest absolute Gasteiger partial charge is 0.259 e. The minimum Gasteiger partial charge on any atom is -0.379 e. The summed E-state index contributed by atoms with van der Waals surface area (Å²) < 4.78 is 10.5. The maximum Gasteiger partial charge on any atom is 0.259 e. The van der Waals surface area contributed by atoms with Gasteiger partial charge in [-0.05, 0) is 25.1 Å². The Labute approximate surface area is 179 Å². The Morgan fingerprint density at radius 2 is 1.90 bits per heavy atom. The number of hydrogen-bond donors (Lipinski definition) is 3. The molecule has 0 aliphatic carbocycles. The van der Waals surface area contributed by atoms with Crippen LogP contribution >= 0.6 is 23.4 Å². The molecule has 2 rings (SSSR count). The molecule has 0 saturated carbocycles. The normalized spacial score (nSPS) is 18.4. The van der Waals surface area contributed by atoms with Crippen LogP contribution in [0.25, 0.3) is 0 Å². The number of nitrogens with one attached hydrogen (secondary N) is 2. The zero-order valence-corrected chi connectivity index (χ0v) is 18.1. The molecule has 10 heteroatoms. The summed E-state index contributed by atoms with van der Waals surface area (Å²) in [5, 5.41) is 6.79. The number of nitrogens with zero attached hydrogens (tertiary/aromatic N) is 1. The third-order valence-corrected chi connectivity index (χ3v) is 5.56. The van der Waals surface area contributed by atoms with Gasteiger partial charge in [0.2, 0.25) is 5.91 Å². The van der Waals surface area contributed by atoms with E-state index in [9.17, 15) is 9.59 Å². The van der Waals surface area contributed by atoms with E-state index in [4.69, 9.17) is 26.8 Å². The van der Waals surface area contributed by atoms with Gasteiger partial charge in [0, 0.05) is 16.8 Å². The fourth-order valence-corrected chi connectivity index (χ4v) is 3.58. The Morgan fingerprint density at radius 3 is 2.55 bits per heavy atom. The van der Waals surface area contributed by atoms with E-state index in [1.165, 1.54) is 17.8 Å². The summed E-state index contributed by atoms with van der Waals surface area (Å²) in [5.41, 5.74) is 5.98. The van der Waals surface area contributed by atoms with E-state index in [1.54, 1.807) is 12.1 Å². The standard InChI is InChI=1S/C19H27ClN4O4S/c1-12-13(2)29-19(22-12)24-18(26)15-11-14(20)3-4-16(15)23-17(25)5-7-27-9-10-28-8-6-21/h3-4,11-13H,5-10,21H2,1-2H3,(H,23,25)(H,22,24,26). The molecule has 1 aromatic carbocycles. The highest BCUT2D eigenvalue weighted by atomic mass is 35.5. The van der Waals surface area contributed by atoms with Gasteiger partial charge in [0.1, 0.15) is 0 Å². The van der Waals surface area contributed by atoms with Crippen molar-refractivity contribution >= 4 is 46.0 Å². The van der Waals surface area contributed by atoms with Gasteiger partial charge in [0.25, 0.3) is 5.91 Å². The summed E-state index contributed by atoms with van der Waals surface area (Å²) in [6, 6.07) is 4.87. The highest BCUT2D eigenvalue weighted by Gasteiger charge is 2.25. The first kappa shape index (κ1) is 23.6. The highest BCUT2D eigenvalue weighted by Crippen LogP contribution is 2.26. The predicted molar refractivity (Wildman–Crippen MR) is 117 cm³/mol. The fraction of sp³-hybridized carbons (Fsp3) is 0.526. The van der Waals surface area contributed by atoms with Crippen molar-refractivity contribution in [2.75, 3.05) is 38.3 Å². The Balaban J connectivity index is 1.88. The van der Waals surface area contributed by atoms with Crippen LogP contribution in [0.5, 0.6) is 0 Å². The monoisotopic (exact) mass is 442 g/mol. The third kappa shape index (κ3) is 7.94. The lowest BCUT2D eigenvalue weighted by atomic mass is 10.1. The molecule has 0 radical (unpaired) electrons. The molecule has 29 heavy (non-hydrogen) atoms. The summed E-state index contributed by atoms with van der Waals surface area (Å²) >= 11 is 7.55. The van der Waals surface area contributed by atoms with E-state index in [2.05, 4.69) is 22.5 Å². The topological polar surface area (TPSA) is 115 Å². The molecule has 2 atom stereocenters. The number of anilines is 1. The van der Waals surface area contributed by atoms with Crippen molar-refractivity contribution in [2.45, 2.75) is 31.6 Å². The summed E-state index contributed by atoms with van der Waals surface area (Å²) in [5.74, 6) is -0.636. The van der Waals surface area contributed by atoms with E-state index >= 15 is 0 Å². The molecule has 1 heterocycles. The molecule has 0 spiro atoms. The Morgan fingerprint density at radius 1 is 1.17 bits per heavy atom. The average Bonchev–Trinajstić information content (AvgIpc) is 2.99. The fourth-order valence-electron chi connectivity index (χ4n) is 2.42. The number of carbonyl (C=O) groups excluding carboxylic acids is 2. The van der Waals surface area contributed by atoms with E-state index in [0.717, 1.165) is 0 Å². The minimum absolute atomic E-state index is 0.134. The lowest BCUT2D eigenvalue weighted by Gasteiger charge is -2.12. The van der Waals surface area contributed by atoms with Crippen LogP contribution in [0.2, 0.25) is 5.02 Å². The van der Waals surface area contributed by atoms with Crippen molar-refractivity contribution < 1.29 is 19.1 Å². The van der Waals surface area contributed by atoms with Gasteiger partial charge in [-0.1, -0.05) is 30.3 Å². The van der Waals surface area contributed by atoms with Crippen LogP contribution in [0.1, 0.15) is 30.6 Å². The first-order valence-corrected chi connectivity index (χ1v) is 10.7. The number of carbonyl (C=O) groups is 2. The third-order valence-electron chi connectivity index (χ3n) is 4.13. The van der Waals surface area contributed by atoms with Crippen molar-refractivity contribution in [3.05, 3.63) is 28.8 Å². The van der Waals surface area contributed by atoms with Crippen molar-refractivity contribution in [1.29, 1.82) is 0 Å². The molecule has 1 aliphatic rings. The molecule has 2 amide bonds. The van der Waals surface area contributed by atoms with Gasteiger partial charge in [-0.2, -0.15) is 0 Å². The quantitative estimate of drug-likeness (QED) is 0.479. The van der Waals surface area contributed by atoms with Crippen molar-refractivity contribution in [3.63, 3.8) is 0 Å². The van der Waals surface area contributed by atoms with E-state index in [0.29, 0.717) is 47.5 Å². The number of amidine groups is 1. The lowest BCUT2D eigenvalue weighted by molar-refractivity contribution is -0.117. The zero-order valence-electron chi connectivity index (χ0n) is 16.6. The second-order valence-electron chi connectivity index (χ2n) is 6.45. The van der Waals surface area contributed by atoms with Gasteiger partial charge in [0.05, 0.1) is 50.1 Å². The number of hydrogen-bond acceptors (Lipinski definition) is 7. The molecule has 0 fully saturated rings. The molecule has 4 N–H and O–H groups in total. The van der Waals surface area contributed by atoms with Crippen LogP contribution in [-0.4, -0.2) is 61.2 Å². The van der Waals surface area contributed by atoms with Gasteiger partial charge < -0.3 is 25.8 Å². The van der Waals surface area contributed by atoms with Gasteiger partial charge in [0.15, 0.2) is 5.17 Å². The van der Waals surface area contributed by atoms with Gasteiger partial charge >= 0.3 is 0 Å². The van der Waals surface area contributed by atoms with E-state index in [-0.39, 0.29) is 36.4 Å². The van der Waals surface area contributed by atoms with Crippen LogP contribution < -0.4 is 16.4 Å². The number of amides is 2. The number of nitrogens with two attached hydrogens (primary N) is 1. The maximum absolute atomic E-state index is 12.7. The molecule has 160 valence electrons. The summed E-state index contributed by atoms with van der Waals surface area (Å²) in [4.78, 5) is 29.3. The first-order chi connectivity index (χ1) is 13.9. The summed E-state index contributed by atoms with van der Waals surface area (Å²) in [6.07, 6.45) is 0.151. The average molecular weight is 443 g/mol. The second kappa shape index (κ2) is 12.1. The van der Waals surface area contributed by atoms with Crippen molar-refractivity contribution in [1.82, 2.24) is 5.32 Å². The largest absolute Gasteiger partial charge is 0.379 e. The zero-order chi connectivity index (χ0) is 21.2. The molecule has 8 nitrogen and oxygen atoms in total. The van der Waals surface area contributed by atoms with Crippen LogP contribution in [0.4, 0.5) is 5.69 Å². The van der Waals surface area contributed by atoms with Crippen LogP contribution in [0.3, 0.4) is 0 Å². The Kier molecular flexibility index (Phi) is 9.89. The number of aliphatic imine (C=N–C) groups is 1. The Bertz CT molecular complexity index is 747. The van der Waals surface area contributed by atoms with Gasteiger partial charge in [-0.25, -0.2) is 0 Å². The lowest BCUT2D eigenvalue weighted by Crippen LogP contribution is -2.29. The number of halogens is 1. The molecule has 0 bridgehead atoms. The molecule has 0 saturated heterocycles. The Hall–Kier alpha value is -1.65. The number of ether oxygens (including phenoxy) is 2. The molecular formula is C19H27ClN4O4S. The first-order valence-electron chi connectivity index (χ1n) is 9.41. The minimum atomic E-state index is -0.372. The molecule has 1 aromatic rings. The number of thioether (sulfide) groups is 1. The van der Waals surface area contributed by atoms with Crippen LogP contribution in [0, 0.1) is 0 Å². The van der Waals surface area contributed by atoms with E-state index in [1.807, 2.05) is 6.92 Å². The van der Waals surface area contributed by atoms with Crippen molar-refractivity contribution in [3.8, 4) is 0 Å². The molecule has 0 aromatic heterocycles. The number of rotatable bonds is 10. The summed E-state index contributed by atoms with van der Waals surface area (Å²) in [7, 11) is 0. The molecule has 1 aliphatic heterocycles. The van der Waals surface area contributed by atoms with Crippen LogP contribution in [-0.2, 0) is 14.3 Å². The van der Waals surface area contributed by atoms with Crippen molar-refractivity contribution in [2.24, 2.45) is 10.7 Å². The van der Waals surface area contributed by atoms with Gasteiger partial charge in [-0.3, -0.25) is 14.6 Å². The summed E-state index contributed by atoms with van der Waals surface area (Å²) in [6.45, 7) is 6.05. The SMILES string of the molecule is CC1N=C(NC(=O)c2cc(Cl)ccc2NC(=O)CCOCCOCCN)SC1C. The maximum atomic E-state index is 12.7. The molecule has 2 unspecified atom stereocenters. The number of benzene rings is 1. The second-order valence-corrected chi connectivity index (χ2v) is 8.26. The predicted octanol–water partition coefficient (Wildman–Crippen LogP) is 2.27.